The molecule has 3 aromatic rings. The van der Waals surface area contributed by atoms with Gasteiger partial charge >= 0.3 is 0 Å². The summed E-state index contributed by atoms with van der Waals surface area (Å²) in [6, 6.07) is 9.78. The number of rotatable bonds is 7. The molecule has 0 spiro atoms. The summed E-state index contributed by atoms with van der Waals surface area (Å²) in [7, 11) is -3.54. The number of nitrogens with one attached hydrogen (secondary N) is 3. The molecule has 2 aromatic carbocycles. The van der Waals surface area contributed by atoms with Gasteiger partial charge < -0.3 is 15.4 Å². The fourth-order valence-corrected chi connectivity index (χ4v) is 4.42. The maximum absolute atomic E-state index is 12.3. The van der Waals surface area contributed by atoms with Gasteiger partial charge in [0.15, 0.2) is 0 Å². The third-order valence-corrected chi connectivity index (χ3v) is 6.51. The maximum Gasteiger partial charge on any atom is 0.240 e. The molecule has 3 N–H and O–H groups in total. The summed E-state index contributed by atoms with van der Waals surface area (Å²) in [5, 5.41) is 7.51. The van der Waals surface area contributed by atoms with Crippen molar-refractivity contribution in [2.45, 2.75) is 30.9 Å². The van der Waals surface area contributed by atoms with E-state index in [0.717, 1.165) is 13.1 Å². The summed E-state index contributed by atoms with van der Waals surface area (Å²) in [6.45, 7) is 5.13. The minimum Gasteiger partial charge on any atom is -0.485 e. The Morgan fingerprint density at radius 3 is 2.53 bits per heavy atom. The first-order chi connectivity index (χ1) is 14.3. The van der Waals surface area contributed by atoms with Crippen molar-refractivity contribution >= 4 is 44.2 Å². The number of ether oxygens (including phenoxy) is 1. The fraction of sp³-hybridized carbons (Fsp3) is 0.300. The van der Waals surface area contributed by atoms with Crippen LogP contribution >= 0.6 is 11.6 Å². The largest absolute Gasteiger partial charge is 0.485 e. The summed E-state index contributed by atoms with van der Waals surface area (Å²) in [4.78, 5) is 9.09. The lowest BCUT2D eigenvalue weighted by Gasteiger charge is -2.28. The molecular formula is C20H22ClN5O3S. The van der Waals surface area contributed by atoms with Crippen molar-refractivity contribution in [3.63, 3.8) is 0 Å². The Hall–Kier alpha value is -2.46. The van der Waals surface area contributed by atoms with Gasteiger partial charge in [0.1, 0.15) is 17.4 Å². The average molecular weight is 448 g/mol. The van der Waals surface area contributed by atoms with Gasteiger partial charge in [-0.3, -0.25) is 0 Å². The van der Waals surface area contributed by atoms with Crippen molar-refractivity contribution in [2.24, 2.45) is 0 Å². The van der Waals surface area contributed by atoms with Crippen LogP contribution in [0.3, 0.4) is 0 Å². The van der Waals surface area contributed by atoms with Crippen LogP contribution in [0.4, 0.5) is 11.6 Å². The quantitative estimate of drug-likeness (QED) is 0.511. The van der Waals surface area contributed by atoms with E-state index in [1.54, 1.807) is 44.3 Å². The lowest BCUT2D eigenvalue weighted by molar-refractivity contribution is 0.144. The van der Waals surface area contributed by atoms with Crippen LogP contribution in [0, 0.1) is 0 Å². The van der Waals surface area contributed by atoms with Crippen LogP contribution in [-0.4, -0.2) is 43.6 Å². The molecule has 158 valence electrons. The molecule has 0 amide bonds. The number of nitrogens with zero attached hydrogens (tertiary/aromatic N) is 2. The van der Waals surface area contributed by atoms with Gasteiger partial charge in [0.2, 0.25) is 16.0 Å². The number of hydrogen-bond acceptors (Lipinski definition) is 7. The Morgan fingerprint density at radius 2 is 1.90 bits per heavy atom. The predicted molar refractivity (Wildman–Crippen MR) is 117 cm³/mol. The molecule has 1 aromatic heterocycles. The number of benzene rings is 2. The van der Waals surface area contributed by atoms with E-state index in [9.17, 15) is 8.42 Å². The molecule has 1 aliphatic heterocycles. The van der Waals surface area contributed by atoms with Crippen molar-refractivity contribution in [1.29, 1.82) is 0 Å². The number of aromatic nitrogens is 2. The maximum atomic E-state index is 12.3. The van der Waals surface area contributed by atoms with Gasteiger partial charge in [0.25, 0.3) is 0 Å². The lowest BCUT2D eigenvalue weighted by atomic mass is 10.2. The Labute approximate surface area is 180 Å². The van der Waals surface area contributed by atoms with Crippen LogP contribution in [0.5, 0.6) is 5.75 Å². The zero-order valence-electron chi connectivity index (χ0n) is 16.5. The van der Waals surface area contributed by atoms with Crippen LogP contribution in [0.15, 0.2) is 47.5 Å². The molecule has 0 aliphatic carbocycles. The van der Waals surface area contributed by atoms with E-state index in [1.807, 2.05) is 0 Å². The third kappa shape index (κ3) is 4.49. The van der Waals surface area contributed by atoms with Gasteiger partial charge in [0.05, 0.1) is 9.92 Å². The molecular weight excluding hydrogens is 426 g/mol. The molecule has 1 saturated heterocycles. The number of anilines is 2. The predicted octanol–water partition coefficient (Wildman–Crippen LogP) is 3.06. The SMILES string of the molecule is CC(C)NS(=O)(=O)c1ccc(Nc2ncc3c(Cl)ccc(OC4CNC4)c3n2)cc1. The molecule has 0 bridgehead atoms. The van der Waals surface area contributed by atoms with Crippen LogP contribution in [0.1, 0.15) is 13.8 Å². The topological polar surface area (TPSA) is 105 Å². The highest BCUT2D eigenvalue weighted by Gasteiger charge is 2.20. The Morgan fingerprint density at radius 1 is 1.17 bits per heavy atom. The van der Waals surface area contributed by atoms with Crippen LogP contribution < -0.4 is 20.1 Å². The van der Waals surface area contributed by atoms with E-state index in [0.29, 0.717) is 33.3 Å². The smallest absolute Gasteiger partial charge is 0.240 e. The van der Waals surface area contributed by atoms with E-state index in [-0.39, 0.29) is 17.0 Å². The second kappa shape index (κ2) is 8.35. The summed E-state index contributed by atoms with van der Waals surface area (Å²) >= 11 is 6.29. The summed E-state index contributed by atoms with van der Waals surface area (Å²) in [5.41, 5.74) is 1.28. The normalized spacial score (nSPS) is 14.7. The van der Waals surface area contributed by atoms with Crippen LogP contribution in [0.25, 0.3) is 10.9 Å². The molecule has 8 nitrogen and oxygen atoms in total. The Bertz CT molecular complexity index is 1170. The highest BCUT2D eigenvalue weighted by atomic mass is 35.5. The molecule has 0 radical (unpaired) electrons. The van der Waals surface area contributed by atoms with Crippen molar-refractivity contribution in [2.75, 3.05) is 18.4 Å². The van der Waals surface area contributed by atoms with Crippen molar-refractivity contribution in [3.8, 4) is 5.75 Å². The lowest BCUT2D eigenvalue weighted by Crippen LogP contribution is -2.50. The summed E-state index contributed by atoms with van der Waals surface area (Å²) in [6.07, 6.45) is 1.75. The Balaban J connectivity index is 1.58. The molecule has 1 aliphatic rings. The molecule has 1 fully saturated rings. The molecule has 10 heteroatoms. The second-order valence-electron chi connectivity index (χ2n) is 7.32. The van der Waals surface area contributed by atoms with Gasteiger partial charge in [-0.05, 0) is 50.2 Å². The molecule has 2 heterocycles. The summed E-state index contributed by atoms with van der Waals surface area (Å²) < 4.78 is 33.1. The van der Waals surface area contributed by atoms with Gasteiger partial charge in [-0.15, -0.1) is 0 Å². The van der Waals surface area contributed by atoms with E-state index in [4.69, 9.17) is 16.3 Å². The highest BCUT2D eigenvalue weighted by Crippen LogP contribution is 2.31. The standard InChI is InChI=1S/C20H22ClN5O3S/c1-12(2)26-30(27,28)15-5-3-13(4-6-15)24-20-23-11-16-17(21)7-8-18(19(16)25-20)29-14-9-22-10-14/h3-8,11-12,14,22,26H,9-10H2,1-2H3,(H,23,24,25). The van der Waals surface area contributed by atoms with Gasteiger partial charge in [-0.2, -0.15) is 0 Å². The van der Waals surface area contributed by atoms with Crippen molar-refractivity contribution in [1.82, 2.24) is 20.0 Å². The van der Waals surface area contributed by atoms with Crippen molar-refractivity contribution in [3.05, 3.63) is 47.6 Å². The third-order valence-electron chi connectivity index (χ3n) is 4.51. The summed E-state index contributed by atoms with van der Waals surface area (Å²) in [5.74, 6) is 1.00. The molecule has 4 rings (SSSR count). The highest BCUT2D eigenvalue weighted by molar-refractivity contribution is 7.89. The first-order valence-corrected chi connectivity index (χ1v) is 11.4. The first kappa shape index (κ1) is 20.8. The van der Waals surface area contributed by atoms with E-state index >= 15 is 0 Å². The van der Waals surface area contributed by atoms with Gasteiger partial charge in [-0.25, -0.2) is 23.1 Å². The number of sulfonamides is 1. The monoisotopic (exact) mass is 447 g/mol. The molecule has 0 saturated carbocycles. The van der Waals surface area contributed by atoms with E-state index < -0.39 is 10.0 Å². The molecule has 0 atom stereocenters. The minimum absolute atomic E-state index is 0.106. The van der Waals surface area contributed by atoms with Crippen molar-refractivity contribution < 1.29 is 13.2 Å². The zero-order chi connectivity index (χ0) is 21.3. The zero-order valence-corrected chi connectivity index (χ0v) is 18.1. The number of halogens is 1. The molecule has 0 unspecified atom stereocenters. The van der Waals surface area contributed by atoms with Gasteiger partial charge in [-0.1, -0.05) is 11.6 Å². The minimum atomic E-state index is -3.54. The molecule has 30 heavy (non-hydrogen) atoms. The number of fused-ring (bicyclic) bond motifs is 1. The van der Waals surface area contributed by atoms with Crippen LogP contribution in [-0.2, 0) is 10.0 Å². The Kier molecular flexibility index (Phi) is 5.79. The first-order valence-electron chi connectivity index (χ1n) is 9.54. The second-order valence-corrected chi connectivity index (χ2v) is 9.45. The van der Waals surface area contributed by atoms with Crippen LogP contribution in [0.2, 0.25) is 5.02 Å². The van der Waals surface area contributed by atoms with Gasteiger partial charge in [0, 0.05) is 36.4 Å². The van der Waals surface area contributed by atoms with E-state index in [2.05, 4.69) is 25.3 Å². The average Bonchev–Trinajstić information content (AvgIpc) is 2.65. The fourth-order valence-electron chi connectivity index (χ4n) is 2.97. The van der Waals surface area contributed by atoms with E-state index in [1.165, 1.54) is 12.1 Å². The number of hydrogen-bond donors (Lipinski definition) is 3.